The molecule has 0 spiro atoms. The molecule has 1 aliphatic heterocycles. The lowest BCUT2D eigenvalue weighted by Crippen LogP contribution is -2.29. The van der Waals surface area contributed by atoms with Gasteiger partial charge in [-0.05, 0) is 56.8 Å². The van der Waals surface area contributed by atoms with Gasteiger partial charge in [0.2, 0.25) is 0 Å². The quantitative estimate of drug-likeness (QED) is 0.863. The molecule has 2 rings (SSSR count). The van der Waals surface area contributed by atoms with Crippen molar-refractivity contribution in [3.8, 4) is 0 Å². The molecule has 1 aromatic rings. The van der Waals surface area contributed by atoms with Crippen molar-refractivity contribution >= 4 is 0 Å². The monoisotopic (exact) mass is 233 g/mol. The van der Waals surface area contributed by atoms with Crippen LogP contribution in [-0.4, -0.2) is 19.7 Å². The third-order valence-electron chi connectivity index (χ3n) is 3.57. The van der Waals surface area contributed by atoms with Crippen molar-refractivity contribution in [1.29, 1.82) is 0 Å². The maximum absolute atomic E-state index is 5.85. The van der Waals surface area contributed by atoms with Crippen LogP contribution < -0.4 is 5.32 Å². The van der Waals surface area contributed by atoms with Crippen LogP contribution in [0, 0.1) is 19.8 Å². The van der Waals surface area contributed by atoms with E-state index in [-0.39, 0.29) is 0 Å². The summed E-state index contributed by atoms with van der Waals surface area (Å²) in [6.45, 7) is 8.27. The molecule has 1 fully saturated rings. The van der Waals surface area contributed by atoms with E-state index in [0.717, 1.165) is 32.2 Å². The molecule has 0 unspecified atom stereocenters. The van der Waals surface area contributed by atoms with Crippen molar-refractivity contribution in [3.63, 3.8) is 0 Å². The van der Waals surface area contributed by atoms with E-state index in [4.69, 9.17) is 4.74 Å². The van der Waals surface area contributed by atoms with Gasteiger partial charge >= 0.3 is 0 Å². The van der Waals surface area contributed by atoms with Gasteiger partial charge < -0.3 is 10.1 Å². The Hall–Kier alpha value is -0.860. The number of benzene rings is 1. The first-order valence-corrected chi connectivity index (χ1v) is 6.60. The molecule has 0 aliphatic carbocycles. The molecule has 1 aliphatic rings. The molecule has 0 aromatic heterocycles. The Morgan fingerprint density at radius 1 is 1.24 bits per heavy atom. The molecular formula is C15H23NO. The molecule has 0 amide bonds. The summed E-state index contributed by atoms with van der Waals surface area (Å²) in [5.41, 5.74) is 3.99. The summed E-state index contributed by atoms with van der Waals surface area (Å²) in [6.07, 6.45) is 2.51. The fourth-order valence-electron chi connectivity index (χ4n) is 2.39. The van der Waals surface area contributed by atoms with Crippen LogP contribution in [0.3, 0.4) is 0 Å². The molecule has 1 heterocycles. The number of aryl methyl sites for hydroxylation is 2. The summed E-state index contributed by atoms with van der Waals surface area (Å²) >= 11 is 0. The van der Waals surface area contributed by atoms with Crippen LogP contribution in [0.4, 0.5) is 0 Å². The first kappa shape index (κ1) is 12.6. The van der Waals surface area contributed by atoms with Crippen LogP contribution in [0.25, 0.3) is 0 Å². The Morgan fingerprint density at radius 3 is 2.71 bits per heavy atom. The summed E-state index contributed by atoms with van der Waals surface area (Å²) in [7, 11) is 0. The first-order valence-electron chi connectivity index (χ1n) is 6.60. The minimum Gasteiger partial charge on any atom is -0.376 e. The number of nitrogens with one attached hydrogen (secondary N) is 1. The van der Waals surface area contributed by atoms with Crippen molar-refractivity contribution in [3.05, 3.63) is 34.9 Å². The molecule has 2 heteroatoms. The molecule has 94 valence electrons. The molecule has 0 saturated carbocycles. The molecular weight excluding hydrogens is 210 g/mol. The van der Waals surface area contributed by atoms with Gasteiger partial charge in [0.15, 0.2) is 0 Å². The number of hydrogen-bond acceptors (Lipinski definition) is 2. The highest BCUT2D eigenvalue weighted by Gasteiger charge is 2.12. The van der Waals surface area contributed by atoms with Gasteiger partial charge in [-0.25, -0.2) is 0 Å². The van der Waals surface area contributed by atoms with Gasteiger partial charge in [-0.15, -0.1) is 0 Å². The summed E-state index contributed by atoms with van der Waals surface area (Å²) in [5.74, 6) is 0.752. The zero-order valence-electron chi connectivity index (χ0n) is 11.0. The molecule has 0 radical (unpaired) electrons. The minimum atomic E-state index is 0.752. The van der Waals surface area contributed by atoms with Crippen molar-refractivity contribution in [1.82, 2.24) is 5.32 Å². The van der Waals surface area contributed by atoms with E-state index in [2.05, 4.69) is 37.4 Å². The summed E-state index contributed by atoms with van der Waals surface area (Å²) in [6, 6.07) is 6.58. The van der Waals surface area contributed by atoms with E-state index in [0.29, 0.717) is 0 Å². The second-order valence-electron chi connectivity index (χ2n) is 5.14. The smallest absolute Gasteiger partial charge is 0.0719 e. The fourth-order valence-corrected chi connectivity index (χ4v) is 2.39. The zero-order chi connectivity index (χ0) is 12.1. The van der Waals surface area contributed by atoms with Crippen LogP contribution >= 0.6 is 0 Å². The third kappa shape index (κ3) is 3.83. The first-order chi connectivity index (χ1) is 8.25. The van der Waals surface area contributed by atoms with E-state index >= 15 is 0 Å². The molecule has 17 heavy (non-hydrogen) atoms. The summed E-state index contributed by atoms with van der Waals surface area (Å²) in [4.78, 5) is 0. The SMILES string of the molecule is Cc1ccc(COCC2CCNCC2)c(C)c1. The zero-order valence-corrected chi connectivity index (χ0v) is 11.0. The number of hydrogen-bond donors (Lipinski definition) is 1. The highest BCUT2D eigenvalue weighted by Crippen LogP contribution is 2.15. The van der Waals surface area contributed by atoms with Gasteiger partial charge in [-0.2, -0.15) is 0 Å². The predicted octanol–water partition coefficient (Wildman–Crippen LogP) is 2.82. The van der Waals surface area contributed by atoms with E-state index in [1.807, 2.05) is 0 Å². The van der Waals surface area contributed by atoms with Crippen LogP contribution in [-0.2, 0) is 11.3 Å². The highest BCUT2D eigenvalue weighted by atomic mass is 16.5. The Balaban J connectivity index is 1.77. The summed E-state index contributed by atoms with van der Waals surface area (Å²) in [5, 5.41) is 3.38. The van der Waals surface area contributed by atoms with Gasteiger partial charge in [-0.3, -0.25) is 0 Å². The minimum absolute atomic E-state index is 0.752. The maximum atomic E-state index is 5.85. The topological polar surface area (TPSA) is 21.3 Å². The second kappa shape index (κ2) is 6.18. The lowest BCUT2D eigenvalue weighted by molar-refractivity contribution is 0.0761. The predicted molar refractivity (Wildman–Crippen MR) is 71.2 cm³/mol. The number of piperidine rings is 1. The van der Waals surface area contributed by atoms with E-state index < -0.39 is 0 Å². The Labute approximate surface area is 104 Å². The van der Waals surface area contributed by atoms with Gasteiger partial charge in [0.1, 0.15) is 0 Å². The van der Waals surface area contributed by atoms with Crippen molar-refractivity contribution in [2.24, 2.45) is 5.92 Å². The standard InChI is InChI=1S/C15H23NO/c1-12-3-4-15(13(2)9-12)11-17-10-14-5-7-16-8-6-14/h3-4,9,14,16H,5-8,10-11H2,1-2H3. The van der Waals surface area contributed by atoms with Crippen LogP contribution in [0.2, 0.25) is 0 Å². The maximum Gasteiger partial charge on any atom is 0.0719 e. The van der Waals surface area contributed by atoms with Crippen molar-refractivity contribution in [2.75, 3.05) is 19.7 Å². The van der Waals surface area contributed by atoms with Gasteiger partial charge in [-0.1, -0.05) is 23.8 Å². The van der Waals surface area contributed by atoms with Crippen molar-refractivity contribution in [2.45, 2.75) is 33.3 Å². The Bertz CT molecular complexity index is 356. The normalized spacial score (nSPS) is 17.3. The van der Waals surface area contributed by atoms with Crippen LogP contribution in [0.1, 0.15) is 29.5 Å². The van der Waals surface area contributed by atoms with E-state index in [1.165, 1.54) is 29.5 Å². The molecule has 0 atom stereocenters. The fraction of sp³-hybridized carbons (Fsp3) is 0.600. The molecule has 0 bridgehead atoms. The Morgan fingerprint density at radius 2 is 2.00 bits per heavy atom. The van der Waals surface area contributed by atoms with Crippen LogP contribution in [0.15, 0.2) is 18.2 Å². The van der Waals surface area contributed by atoms with Crippen LogP contribution in [0.5, 0.6) is 0 Å². The largest absolute Gasteiger partial charge is 0.376 e. The molecule has 1 aromatic carbocycles. The highest BCUT2D eigenvalue weighted by molar-refractivity contribution is 5.29. The number of ether oxygens (including phenoxy) is 1. The molecule has 2 nitrogen and oxygen atoms in total. The molecule has 1 saturated heterocycles. The number of rotatable bonds is 4. The lowest BCUT2D eigenvalue weighted by atomic mass is 9.99. The lowest BCUT2D eigenvalue weighted by Gasteiger charge is -2.22. The average Bonchev–Trinajstić information content (AvgIpc) is 2.33. The third-order valence-corrected chi connectivity index (χ3v) is 3.57. The average molecular weight is 233 g/mol. The van der Waals surface area contributed by atoms with Crippen molar-refractivity contribution < 1.29 is 4.74 Å². The molecule has 1 N–H and O–H groups in total. The van der Waals surface area contributed by atoms with E-state index in [9.17, 15) is 0 Å². The van der Waals surface area contributed by atoms with E-state index in [1.54, 1.807) is 0 Å². The Kier molecular flexibility index (Phi) is 4.57. The van der Waals surface area contributed by atoms with Gasteiger partial charge in [0, 0.05) is 6.61 Å². The summed E-state index contributed by atoms with van der Waals surface area (Å²) < 4.78 is 5.85. The second-order valence-corrected chi connectivity index (χ2v) is 5.14. The van der Waals surface area contributed by atoms with Gasteiger partial charge in [0.25, 0.3) is 0 Å². The van der Waals surface area contributed by atoms with Gasteiger partial charge in [0.05, 0.1) is 6.61 Å².